The molecule has 0 saturated carbocycles. The van der Waals surface area contributed by atoms with Gasteiger partial charge in [0.15, 0.2) is 0 Å². The molecule has 6 heteroatoms. The SMILES string of the molecule is CC(C)Oc1cccc(-c2cc3n(c2)C(CCN)CNC3=O)c1.Cl. The molecule has 0 bridgehead atoms. The fraction of sp³-hybridized carbons (Fsp3) is 0.389. The molecule has 1 unspecified atom stereocenters. The molecule has 1 atom stereocenters. The van der Waals surface area contributed by atoms with Gasteiger partial charge in [-0.1, -0.05) is 12.1 Å². The highest BCUT2D eigenvalue weighted by Gasteiger charge is 2.25. The molecule has 24 heavy (non-hydrogen) atoms. The quantitative estimate of drug-likeness (QED) is 0.871. The molecule has 1 aliphatic heterocycles. The van der Waals surface area contributed by atoms with Gasteiger partial charge in [-0.3, -0.25) is 4.79 Å². The van der Waals surface area contributed by atoms with E-state index in [2.05, 4.69) is 9.88 Å². The molecule has 5 nitrogen and oxygen atoms in total. The smallest absolute Gasteiger partial charge is 0.268 e. The van der Waals surface area contributed by atoms with Gasteiger partial charge in [0.05, 0.1) is 12.1 Å². The van der Waals surface area contributed by atoms with Crippen molar-refractivity contribution in [1.29, 1.82) is 0 Å². The predicted octanol–water partition coefficient (Wildman–Crippen LogP) is 3.00. The number of carbonyl (C=O) groups excluding carboxylic acids is 1. The first kappa shape index (κ1) is 18.4. The number of hydrogen-bond acceptors (Lipinski definition) is 3. The van der Waals surface area contributed by atoms with Crippen molar-refractivity contribution in [3.63, 3.8) is 0 Å². The van der Waals surface area contributed by atoms with Crippen LogP contribution in [0.1, 0.15) is 36.8 Å². The number of ether oxygens (including phenoxy) is 1. The lowest BCUT2D eigenvalue weighted by atomic mass is 10.1. The van der Waals surface area contributed by atoms with Gasteiger partial charge in [-0.25, -0.2) is 0 Å². The first-order valence-electron chi connectivity index (χ1n) is 8.05. The van der Waals surface area contributed by atoms with Crippen molar-refractivity contribution >= 4 is 18.3 Å². The summed E-state index contributed by atoms with van der Waals surface area (Å²) < 4.78 is 7.81. The normalized spacial score (nSPS) is 16.3. The summed E-state index contributed by atoms with van der Waals surface area (Å²) in [6, 6.07) is 10.1. The summed E-state index contributed by atoms with van der Waals surface area (Å²) in [4.78, 5) is 12.1. The fourth-order valence-corrected chi connectivity index (χ4v) is 2.98. The number of hydrogen-bond donors (Lipinski definition) is 2. The topological polar surface area (TPSA) is 69.3 Å². The van der Waals surface area contributed by atoms with Gasteiger partial charge in [-0.15, -0.1) is 12.4 Å². The van der Waals surface area contributed by atoms with Gasteiger partial charge in [0.1, 0.15) is 11.4 Å². The van der Waals surface area contributed by atoms with Crippen molar-refractivity contribution in [3.8, 4) is 16.9 Å². The summed E-state index contributed by atoms with van der Waals surface area (Å²) >= 11 is 0. The average Bonchev–Trinajstić information content (AvgIpc) is 2.96. The summed E-state index contributed by atoms with van der Waals surface area (Å²) in [7, 11) is 0. The van der Waals surface area contributed by atoms with Crippen molar-refractivity contribution in [1.82, 2.24) is 9.88 Å². The van der Waals surface area contributed by atoms with Crippen molar-refractivity contribution in [2.45, 2.75) is 32.4 Å². The van der Waals surface area contributed by atoms with Crippen LogP contribution in [0, 0.1) is 0 Å². The van der Waals surface area contributed by atoms with Crippen LogP contribution in [-0.2, 0) is 0 Å². The zero-order valence-corrected chi connectivity index (χ0v) is 14.8. The number of nitrogens with two attached hydrogens (primary N) is 1. The Balaban J connectivity index is 0.00000208. The number of nitrogens with one attached hydrogen (secondary N) is 1. The Kier molecular flexibility index (Phi) is 5.91. The van der Waals surface area contributed by atoms with E-state index < -0.39 is 0 Å². The van der Waals surface area contributed by atoms with Gasteiger partial charge in [-0.05, 0) is 50.6 Å². The molecule has 2 aromatic rings. The Bertz CT molecular complexity index is 712. The largest absolute Gasteiger partial charge is 0.491 e. The average molecular weight is 350 g/mol. The highest BCUT2D eigenvalue weighted by atomic mass is 35.5. The molecule has 0 spiro atoms. The van der Waals surface area contributed by atoms with Crippen molar-refractivity contribution in [3.05, 3.63) is 42.2 Å². The first-order valence-corrected chi connectivity index (χ1v) is 8.05. The Morgan fingerprint density at radius 1 is 1.33 bits per heavy atom. The van der Waals surface area contributed by atoms with Crippen molar-refractivity contribution < 1.29 is 9.53 Å². The van der Waals surface area contributed by atoms with E-state index in [0.717, 1.165) is 23.3 Å². The summed E-state index contributed by atoms with van der Waals surface area (Å²) in [6.45, 7) is 5.25. The first-order chi connectivity index (χ1) is 11.1. The fourth-order valence-electron chi connectivity index (χ4n) is 2.98. The molecular formula is C18H24ClN3O2. The maximum Gasteiger partial charge on any atom is 0.268 e. The molecule has 3 N–H and O–H groups in total. The zero-order chi connectivity index (χ0) is 16.4. The highest BCUT2D eigenvalue weighted by Crippen LogP contribution is 2.30. The molecule has 0 radical (unpaired) electrons. The van der Waals surface area contributed by atoms with Gasteiger partial charge in [0, 0.05) is 18.3 Å². The standard InChI is InChI=1S/C18H23N3O2.ClH/c1-12(2)23-16-5-3-4-13(8-16)14-9-17-18(22)20-10-15(6-7-19)21(17)11-14;/h3-5,8-9,11-12,15H,6-7,10,19H2,1-2H3,(H,20,22);1H. The second kappa shape index (κ2) is 7.73. The Morgan fingerprint density at radius 2 is 2.12 bits per heavy atom. The second-order valence-electron chi connectivity index (χ2n) is 6.16. The van der Waals surface area contributed by atoms with Crippen LogP contribution in [0.15, 0.2) is 36.5 Å². The number of nitrogens with zero attached hydrogens (tertiary/aromatic N) is 1. The van der Waals surface area contributed by atoms with E-state index in [1.807, 2.05) is 50.4 Å². The minimum absolute atomic E-state index is 0. The van der Waals surface area contributed by atoms with Crippen LogP contribution in [0.2, 0.25) is 0 Å². The lowest BCUT2D eigenvalue weighted by Crippen LogP contribution is -2.39. The van der Waals surface area contributed by atoms with Crippen molar-refractivity contribution in [2.75, 3.05) is 13.1 Å². The minimum Gasteiger partial charge on any atom is -0.491 e. The number of benzene rings is 1. The third-order valence-electron chi connectivity index (χ3n) is 4.01. The van der Waals surface area contributed by atoms with Gasteiger partial charge >= 0.3 is 0 Å². The predicted molar refractivity (Wildman–Crippen MR) is 97.9 cm³/mol. The molecule has 1 aromatic carbocycles. The van der Waals surface area contributed by atoms with Crippen LogP contribution in [0.3, 0.4) is 0 Å². The number of fused-ring (bicyclic) bond motifs is 1. The van der Waals surface area contributed by atoms with Gasteiger partial charge < -0.3 is 20.4 Å². The van der Waals surface area contributed by atoms with Gasteiger partial charge in [0.25, 0.3) is 5.91 Å². The zero-order valence-electron chi connectivity index (χ0n) is 14.0. The van der Waals surface area contributed by atoms with E-state index >= 15 is 0 Å². The van der Waals surface area contributed by atoms with Crippen molar-refractivity contribution in [2.24, 2.45) is 5.73 Å². The molecule has 0 saturated heterocycles. The van der Waals surface area contributed by atoms with E-state index in [1.54, 1.807) is 0 Å². The summed E-state index contributed by atoms with van der Waals surface area (Å²) in [5, 5.41) is 2.94. The molecule has 0 aliphatic carbocycles. The van der Waals surface area contributed by atoms with E-state index in [0.29, 0.717) is 18.8 Å². The van der Waals surface area contributed by atoms with E-state index in [9.17, 15) is 4.79 Å². The number of halogens is 1. The maximum atomic E-state index is 12.1. The Morgan fingerprint density at radius 3 is 2.83 bits per heavy atom. The Hall–Kier alpha value is -1.98. The molecule has 1 aromatic heterocycles. The lowest BCUT2D eigenvalue weighted by molar-refractivity contribution is 0.0913. The minimum atomic E-state index is -0.0286. The van der Waals surface area contributed by atoms with Gasteiger partial charge in [0.2, 0.25) is 0 Å². The van der Waals surface area contributed by atoms with Crippen LogP contribution < -0.4 is 15.8 Å². The summed E-state index contributed by atoms with van der Waals surface area (Å²) in [6.07, 6.45) is 3.02. The molecular weight excluding hydrogens is 326 g/mol. The molecule has 3 rings (SSSR count). The molecule has 130 valence electrons. The number of aromatic nitrogens is 1. The third-order valence-corrected chi connectivity index (χ3v) is 4.01. The summed E-state index contributed by atoms with van der Waals surface area (Å²) in [5.74, 6) is 0.809. The van der Waals surface area contributed by atoms with Crippen LogP contribution >= 0.6 is 12.4 Å². The van der Waals surface area contributed by atoms with Crippen LogP contribution in [0.25, 0.3) is 11.1 Å². The maximum absolute atomic E-state index is 12.1. The summed E-state index contributed by atoms with van der Waals surface area (Å²) in [5.41, 5.74) is 8.45. The number of rotatable bonds is 5. The van der Waals surface area contributed by atoms with E-state index in [-0.39, 0.29) is 30.5 Å². The molecule has 2 heterocycles. The van der Waals surface area contributed by atoms with E-state index in [1.165, 1.54) is 0 Å². The monoisotopic (exact) mass is 349 g/mol. The second-order valence-corrected chi connectivity index (χ2v) is 6.16. The van der Waals surface area contributed by atoms with Crippen LogP contribution in [0.4, 0.5) is 0 Å². The lowest BCUT2D eigenvalue weighted by Gasteiger charge is -2.25. The van der Waals surface area contributed by atoms with Gasteiger partial charge in [-0.2, -0.15) is 0 Å². The third kappa shape index (κ3) is 3.74. The highest BCUT2D eigenvalue weighted by molar-refractivity contribution is 5.95. The molecule has 1 aliphatic rings. The number of carbonyl (C=O) groups is 1. The molecule has 0 fully saturated rings. The Labute approximate surface area is 148 Å². The molecule has 1 amide bonds. The van der Waals surface area contributed by atoms with Crippen LogP contribution in [0.5, 0.6) is 5.75 Å². The van der Waals surface area contributed by atoms with E-state index in [4.69, 9.17) is 10.5 Å². The van der Waals surface area contributed by atoms with Crippen LogP contribution in [-0.4, -0.2) is 29.7 Å². The number of amides is 1.